The van der Waals surface area contributed by atoms with Crippen LogP contribution in [0.5, 0.6) is 0 Å². The highest BCUT2D eigenvalue weighted by Crippen LogP contribution is 2.27. The van der Waals surface area contributed by atoms with Crippen LogP contribution in [0.25, 0.3) is 0 Å². The predicted molar refractivity (Wildman–Crippen MR) is 91.5 cm³/mol. The van der Waals surface area contributed by atoms with E-state index in [0.717, 1.165) is 36.1 Å². The van der Waals surface area contributed by atoms with Gasteiger partial charge in [0.25, 0.3) is 0 Å². The quantitative estimate of drug-likeness (QED) is 0.837. The molecule has 0 aliphatic carbocycles. The van der Waals surface area contributed by atoms with Crippen LogP contribution in [0.2, 0.25) is 5.02 Å². The summed E-state index contributed by atoms with van der Waals surface area (Å²) in [4.78, 5) is 0. The van der Waals surface area contributed by atoms with Crippen molar-refractivity contribution in [2.24, 2.45) is 5.92 Å². The molecule has 3 atom stereocenters. The Morgan fingerprint density at radius 2 is 2.19 bits per heavy atom. The highest BCUT2D eigenvalue weighted by Gasteiger charge is 2.22. The number of hydrogen-bond donors (Lipinski definition) is 2. The molecule has 1 aliphatic rings. The number of piperidine rings is 1. The third-order valence-electron chi connectivity index (χ3n) is 4.05. The standard InChI is InChI=1S/C16H25ClN2O.ClH/c1-12(19-11-13-6-5-9-18-10-13)16(20-2)14-7-3-4-8-15(14)17;/h3-4,7-8,12-13,16,18-19H,5-6,9-11H2,1-2H3;1H. The molecule has 5 heteroatoms. The minimum Gasteiger partial charge on any atom is -0.375 e. The first-order valence-electron chi connectivity index (χ1n) is 7.43. The van der Waals surface area contributed by atoms with E-state index in [1.165, 1.54) is 12.8 Å². The van der Waals surface area contributed by atoms with Gasteiger partial charge in [0.2, 0.25) is 0 Å². The molecule has 0 bridgehead atoms. The Bertz CT molecular complexity index is 411. The largest absolute Gasteiger partial charge is 0.375 e. The van der Waals surface area contributed by atoms with Gasteiger partial charge < -0.3 is 15.4 Å². The lowest BCUT2D eigenvalue weighted by Gasteiger charge is -2.28. The van der Waals surface area contributed by atoms with E-state index in [0.29, 0.717) is 0 Å². The maximum atomic E-state index is 6.27. The van der Waals surface area contributed by atoms with Crippen molar-refractivity contribution in [3.05, 3.63) is 34.9 Å². The summed E-state index contributed by atoms with van der Waals surface area (Å²) in [5.41, 5.74) is 1.05. The van der Waals surface area contributed by atoms with Crippen LogP contribution < -0.4 is 10.6 Å². The van der Waals surface area contributed by atoms with E-state index in [4.69, 9.17) is 16.3 Å². The maximum Gasteiger partial charge on any atom is 0.0985 e. The summed E-state index contributed by atoms with van der Waals surface area (Å²) in [6.07, 6.45) is 2.57. The van der Waals surface area contributed by atoms with E-state index in [-0.39, 0.29) is 24.6 Å². The zero-order valence-corrected chi connectivity index (χ0v) is 14.3. The molecule has 120 valence electrons. The van der Waals surface area contributed by atoms with Crippen molar-refractivity contribution < 1.29 is 4.74 Å². The summed E-state index contributed by atoms with van der Waals surface area (Å²) in [7, 11) is 1.74. The van der Waals surface area contributed by atoms with Gasteiger partial charge in [-0.1, -0.05) is 29.8 Å². The first kappa shape index (κ1) is 18.7. The molecule has 0 aromatic heterocycles. The summed E-state index contributed by atoms with van der Waals surface area (Å²) in [5.74, 6) is 0.718. The molecule has 1 saturated heterocycles. The Kier molecular flexibility index (Phi) is 8.60. The molecule has 3 nitrogen and oxygen atoms in total. The molecule has 1 aliphatic heterocycles. The number of hydrogen-bond acceptors (Lipinski definition) is 3. The fourth-order valence-electron chi connectivity index (χ4n) is 2.86. The first-order valence-corrected chi connectivity index (χ1v) is 7.81. The topological polar surface area (TPSA) is 33.3 Å². The summed E-state index contributed by atoms with van der Waals surface area (Å²) >= 11 is 6.27. The summed E-state index contributed by atoms with van der Waals surface area (Å²) in [5, 5.41) is 7.83. The molecule has 1 aromatic rings. The number of methoxy groups -OCH3 is 1. The molecular formula is C16H26Cl2N2O. The van der Waals surface area contributed by atoms with Gasteiger partial charge in [-0.25, -0.2) is 0 Å². The van der Waals surface area contributed by atoms with Crippen molar-refractivity contribution in [3.63, 3.8) is 0 Å². The molecule has 2 rings (SSSR count). The van der Waals surface area contributed by atoms with Gasteiger partial charge in [-0.3, -0.25) is 0 Å². The van der Waals surface area contributed by atoms with E-state index < -0.39 is 0 Å². The Morgan fingerprint density at radius 1 is 1.43 bits per heavy atom. The van der Waals surface area contributed by atoms with Crippen molar-refractivity contribution in [2.75, 3.05) is 26.7 Å². The fourth-order valence-corrected chi connectivity index (χ4v) is 3.11. The molecule has 1 aromatic carbocycles. The average Bonchev–Trinajstić information content (AvgIpc) is 2.49. The van der Waals surface area contributed by atoms with E-state index in [9.17, 15) is 0 Å². The lowest BCUT2D eigenvalue weighted by atomic mass is 9.98. The third-order valence-corrected chi connectivity index (χ3v) is 4.39. The van der Waals surface area contributed by atoms with E-state index >= 15 is 0 Å². The summed E-state index contributed by atoms with van der Waals surface area (Å²) in [6.45, 7) is 5.46. The number of rotatable bonds is 6. The van der Waals surface area contributed by atoms with Gasteiger partial charge >= 0.3 is 0 Å². The maximum absolute atomic E-state index is 6.27. The van der Waals surface area contributed by atoms with Crippen LogP contribution in [0, 0.1) is 5.92 Å². The number of nitrogens with one attached hydrogen (secondary N) is 2. The van der Waals surface area contributed by atoms with Crippen molar-refractivity contribution in [3.8, 4) is 0 Å². The zero-order valence-electron chi connectivity index (χ0n) is 12.8. The molecular weight excluding hydrogens is 307 g/mol. The smallest absolute Gasteiger partial charge is 0.0985 e. The van der Waals surface area contributed by atoms with E-state index in [2.05, 4.69) is 17.6 Å². The second-order valence-electron chi connectivity index (χ2n) is 5.59. The second kappa shape index (κ2) is 9.65. The van der Waals surface area contributed by atoms with Crippen LogP contribution in [0.1, 0.15) is 31.4 Å². The van der Waals surface area contributed by atoms with Gasteiger partial charge in [0.1, 0.15) is 0 Å². The Hall–Kier alpha value is -0.320. The lowest BCUT2D eigenvalue weighted by Crippen LogP contribution is -2.41. The van der Waals surface area contributed by atoms with Crippen LogP contribution in [-0.4, -0.2) is 32.8 Å². The predicted octanol–water partition coefficient (Wildman–Crippen LogP) is 3.43. The van der Waals surface area contributed by atoms with Crippen molar-refractivity contribution in [1.82, 2.24) is 10.6 Å². The Balaban J connectivity index is 0.00000220. The SMILES string of the molecule is COC(c1ccccc1Cl)C(C)NCC1CCCNC1.Cl. The van der Waals surface area contributed by atoms with Crippen molar-refractivity contribution in [1.29, 1.82) is 0 Å². The normalized spacial score (nSPS) is 21.4. The molecule has 0 radical (unpaired) electrons. The molecule has 2 N–H and O–H groups in total. The monoisotopic (exact) mass is 332 g/mol. The second-order valence-corrected chi connectivity index (χ2v) is 5.99. The van der Waals surface area contributed by atoms with Crippen molar-refractivity contribution >= 4 is 24.0 Å². The highest BCUT2D eigenvalue weighted by atomic mass is 35.5. The van der Waals surface area contributed by atoms with Crippen LogP contribution >= 0.6 is 24.0 Å². The van der Waals surface area contributed by atoms with Gasteiger partial charge in [-0.2, -0.15) is 0 Å². The molecule has 0 amide bonds. The number of ether oxygens (including phenoxy) is 1. The molecule has 0 spiro atoms. The highest BCUT2D eigenvalue weighted by molar-refractivity contribution is 6.31. The molecule has 21 heavy (non-hydrogen) atoms. The van der Waals surface area contributed by atoms with Gasteiger partial charge in [0.15, 0.2) is 0 Å². The Morgan fingerprint density at radius 3 is 2.81 bits per heavy atom. The van der Waals surface area contributed by atoms with Crippen LogP contribution in [-0.2, 0) is 4.74 Å². The molecule has 3 unspecified atom stereocenters. The summed E-state index contributed by atoms with van der Waals surface area (Å²) in [6, 6.07) is 8.15. The molecule has 0 saturated carbocycles. The van der Waals surface area contributed by atoms with Crippen LogP contribution in [0.4, 0.5) is 0 Å². The third kappa shape index (κ3) is 5.42. The average molecular weight is 333 g/mol. The van der Waals surface area contributed by atoms with E-state index in [1.54, 1.807) is 7.11 Å². The van der Waals surface area contributed by atoms with Gasteiger partial charge in [0, 0.05) is 23.7 Å². The van der Waals surface area contributed by atoms with Gasteiger partial charge in [-0.05, 0) is 51.4 Å². The zero-order chi connectivity index (χ0) is 14.4. The van der Waals surface area contributed by atoms with Gasteiger partial charge in [-0.15, -0.1) is 12.4 Å². The molecule has 1 fully saturated rings. The molecule has 1 heterocycles. The van der Waals surface area contributed by atoms with Gasteiger partial charge in [0.05, 0.1) is 6.10 Å². The minimum atomic E-state index is -0.0137. The van der Waals surface area contributed by atoms with Crippen LogP contribution in [0.15, 0.2) is 24.3 Å². The number of benzene rings is 1. The lowest BCUT2D eigenvalue weighted by molar-refractivity contribution is 0.0717. The fraction of sp³-hybridized carbons (Fsp3) is 0.625. The Labute approximate surface area is 139 Å². The first-order chi connectivity index (χ1) is 9.72. The minimum absolute atomic E-state index is 0. The van der Waals surface area contributed by atoms with Crippen LogP contribution in [0.3, 0.4) is 0 Å². The van der Waals surface area contributed by atoms with E-state index in [1.807, 2.05) is 24.3 Å². The number of halogens is 2. The summed E-state index contributed by atoms with van der Waals surface area (Å²) < 4.78 is 5.66. The van der Waals surface area contributed by atoms with Crippen molar-refractivity contribution in [2.45, 2.75) is 31.9 Å².